The first-order chi connectivity index (χ1) is 7.50. The number of phenols is 1. The van der Waals surface area contributed by atoms with Gasteiger partial charge in [-0.3, -0.25) is 0 Å². The summed E-state index contributed by atoms with van der Waals surface area (Å²) in [5.74, 6) is -0.480. The molecule has 1 aliphatic carbocycles. The first-order valence-electron chi connectivity index (χ1n) is 5.33. The van der Waals surface area contributed by atoms with E-state index in [2.05, 4.69) is 0 Å². The second-order valence-electron chi connectivity index (χ2n) is 4.40. The van der Waals surface area contributed by atoms with Crippen LogP contribution in [0.4, 0.5) is 0 Å². The van der Waals surface area contributed by atoms with E-state index in [9.17, 15) is 9.90 Å². The predicted molar refractivity (Wildman–Crippen MR) is 66.7 cm³/mol. The predicted octanol–water partition coefficient (Wildman–Crippen LogP) is 2.23. The molecule has 94 valence electrons. The zero-order valence-electron chi connectivity index (χ0n) is 9.51. The van der Waals surface area contributed by atoms with Crippen molar-refractivity contribution in [2.24, 2.45) is 11.7 Å². The maximum atomic E-state index is 10.9. The van der Waals surface area contributed by atoms with Crippen LogP contribution in [0.15, 0.2) is 12.1 Å². The van der Waals surface area contributed by atoms with Gasteiger partial charge >= 0.3 is 5.97 Å². The standard InChI is InChI=1S/C12H15NO3.ClH/c1-6-4-8(12(15)16)5-9(11(6)14)10(13)7-2-3-7;/h4-5,7,10,14H,2-3,13H2,1H3,(H,15,16);1H/t10-;/m0./s1. The molecule has 5 heteroatoms. The largest absolute Gasteiger partial charge is 0.507 e. The molecule has 0 saturated heterocycles. The first kappa shape index (κ1) is 13.8. The number of rotatable bonds is 3. The van der Waals surface area contributed by atoms with Gasteiger partial charge in [-0.15, -0.1) is 12.4 Å². The van der Waals surface area contributed by atoms with E-state index in [0.717, 1.165) is 12.8 Å². The van der Waals surface area contributed by atoms with Gasteiger partial charge in [0.2, 0.25) is 0 Å². The highest BCUT2D eigenvalue weighted by molar-refractivity contribution is 5.88. The number of carboxylic acid groups (broad SMARTS) is 1. The molecule has 1 aromatic carbocycles. The summed E-state index contributed by atoms with van der Waals surface area (Å²) in [6.07, 6.45) is 2.11. The summed E-state index contributed by atoms with van der Waals surface area (Å²) in [6.45, 7) is 1.69. The first-order valence-corrected chi connectivity index (χ1v) is 5.33. The number of aromatic hydroxyl groups is 1. The van der Waals surface area contributed by atoms with E-state index in [4.69, 9.17) is 10.8 Å². The number of nitrogens with two attached hydrogens (primary N) is 1. The lowest BCUT2D eigenvalue weighted by Gasteiger charge is -2.15. The lowest BCUT2D eigenvalue weighted by Crippen LogP contribution is -2.14. The van der Waals surface area contributed by atoms with Crippen LogP contribution in [0.2, 0.25) is 0 Å². The van der Waals surface area contributed by atoms with Crippen LogP contribution in [0, 0.1) is 12.8 Å². The highest BCUT2D eigenvalue weighted by Gasteiger charge is 2.31. The average Bonchev–Trinajstić information content (AvgIpc) is 3.04. The second kappa shape index (κ2) is 4.94. The Hall–Kier alpha value is -1.26. The molecule has 1 fully saturated rings. The second-order valence-corrected chi connectivity index (χ2v) is 4.40. The summed E-state index contributed by atoms with van der Waals surface area (Å²) < 4.78 is 0. The van der Waals surface area contributed by atoms with Crippen molar-refractivity contribution < 1.29 is 15.0 Å². The van der Waals surface area contributed by atoms with Gasteiger partial charge < -0.3 is 15.9 Å². The van der Waals surface area contributed by atoms with Crippen LogP contribution in [0.3, 0.4) is 0 Å². The molecule has 2 rings (SSSR count). The molecule has 0 aromatic heterocycles. The lowest BCUT2D eigenvalue weighted by molar-refractivity contribution is 0.0696. The van der Waals surface area contributed by atoms with E-state index >= 15 is 0 Å². The third-order valence-corrected chi connectivity index (χ3v) is 3.07. The molecular weight excluding hydrogens is 242 g/mol. The van der Waals surface area contributed by atoms with E-state index in [0.29, 0.717) is 17.0 Å². The molecule has 1 aromatic rings. The molecule has 1 atom stereocenters. The summed E-state index contributed by atoms with van der Waals surface area (Å²) in [7, 11) is 0. The minimum Gasteiger partial charge on any atom is -0.507 e. The van der Waals surface area contributed by atoms with E-state index < -0.39 is 5.97 Å². The fraction of sp³-hybridized carbons (Fsp3) is 0.417. The Morgan fingerprint density at radius 2 is 2.06 bits per heavy atom. The third-order valence-electron chi connectivity index (χ3n) is 3.07. The van der Waals surface area contributed by atoms with Crippen LogP contribution in [-0.2, 0) is 0 Å². The van der Waals surface area contributed by atoms with Gasteiger partial charge in [-0.05, 0) is 43.4 Å². The molecule has 1 saturated carbocycles. The SMILES string of the molecule is Cc1cc(C(=O)O)cc([C@@H](N)C2CC2)c1O.Cl. The molecule has 0 amide bonds. The Morgan fingerprint density at radius 1 is 1.47 bits per heavy atom. The number of hydrogen-bond acceptors (Lipinski definition) is 3. The number of carbonyl (C=O) groups is 1. The number of halogens is 1. The highest BCUT2D eigenvalue weighted by Crippen LogP contribution is 2.42. The van der Waals surface area contributed by atoms with Gasteiger partial charge in [0.15, 0.2) is 0 Å². The Balaban J connectivity index is 0.00000144. The minimum absolute atomic E-state index is 0. The smallest absolute Gasteiger partial charge is 0.335 e. The molecule has 4 N–H and O–H groups in total. The van der Waals surface area contributed by atoms with Gasteiger partial charge in [0.05, 0.1) is 5.56 Å². The van der Waals surface area contributed by atoms with Gasteiger partial charge in [0.1, 0.15) is 5.75 Å². The maximum Gasteiger partial charge on any atom is 0.335 e. The summed E-state index contributed by atoms with van der Waals surface area (Å²) in [5.41, 5.74) is 7.28. The summed E-state index contributed by atoms with van der Waals surface area (Å²) in [6, 6.07) is 2.69. The molecule has 0 spiro atoms. The Morgan fingerprint density at radius 3 is 2.53 bits per heavy atom. The minimum atomic E-state index is -0.993. The summed E-state index contributed by atoms with van der Waals surface area (Å²) in [5, 5.41) is 18.8. The van der Waals surface area contributed by atoms with E-state index in [-0.39, 0.29) is 29.8 Å². The van der Waals surface area contributed by atoms with E-state index in [1.165, 1.54) is 12.1 Å². The van der Waals surface area contributed by atoms with Crippen LogP contribution >= 0.6 is 12.4 Å². The molecule has 1 aliphatic rings. The Labute approximate surface area is 106 Å². The number of phenolic OH excluding ortho intramolecular Hbond substituents is 1. The van der Waals surface area contributed by atoms with Crippen molar-refractivity contribution in [2.75, 3.05) is 0 Å². The van der Waals surface area contributed by atoms with E-state index in [1.54, 1.807) is 6.92 Å². The van der Waals surface area contributed by atoms with Crippen molar-refractivity contribution in [1.29, 1.82) is 0 Å². The third kappa shape index (κ3) is 2.70. The van der Waals surface area contributed by atoms with Crippen LogP contribution in [0.1, 0.15) is 40.4 Å². The molecule has 0 heterocycles. The van der Waals surface area contributed by atoms with Gasteiger partial charge in [0.25, 0.3) is 0 Å². The highest BCUT2D eigenvalue weighted by atomic mass is 35.5. The van der Waals surface area contributed by atoms with Crippen molar-refractivity contribution >= 4 is 18.4 Å². The quantitative estimate of drug-likeness (QED) is 0.775. The van der Waals surface area contributed by atoms with Crippen LogP contribution in [0.25, 0.3) is 0 Å². The number of aromatic carboxylic acids is 1. The fourth-order valence-electron chi connectivity index (χ4n) is 1.89. The molecule has 0 unspecified atom stereocenters. The van der Waals surface area contributed by atoms with Crippen LogP contribution in [0.5, 0.6) is 5.75 Å². The number of benzene rings is 1. The van der Waals surface area contributed by atoms with Crippen molar-refractivity contribution in [3.8, 4) is 5.75 Å². The Kier molecular flexibility index (Phi) is 4.01. The zero-order chi connectivity index (χ0) is 11.9. The molecule has 17 heavy (non-hydrogen) atoms. The van der Waals surface area contributed by atoms with Crippen molar-refractivity contribution in [1.82, 2.24) is 0 Å². The molecule has 0 bridgehead atoms. The molecule has 0 radical (unpaired) electrons. The topological polar surface area (TPSA) is 83.5 Å². The van der Waals surface area contributed by atoms with Crippen molar-refractivity contribution in [3.63, 3.8) is 0 Å². The van der Waals surface area contributed by atoms with Crippen molar-refractivity contribution in [2.45, 2.75) is 25.8 Å². The lowest BCUT2D eigenvalue weighted by atomic mass is 9.97. The van der Waals surface area contributed by atoms with Gasteiger partial charge in [0, 0.05) is 11.6 Å². The molecular formula is C12H16ClNO3. The van der Waals surface area contributed by atoms with Crippen LogP contribution < -0.4 is 5.73 Å². The Bertz CT molecular complexity index is 444. The zero-order valence-corrected chi connectivity index (χ0v) is 10.3. The van der Waals surface area contributed by atoms with Crippen molar-refractivity contribution in [3.05, 3.63) is 28.8 Å². The average molecular weight is 258 g/mol. The summed E-state index contributed by atoms with van der Waals surface area (Å²) >= 11 is 0. The maximum absolute atomic E-state index is 10.9. The summed E-state index contributed by atoms with van der Waals surface area (Å²) in [4.78, 5) is 10.9. The molecule has 0 aliphatic heterocycles. The van der Waals surface area contributed by atoms with Gasteiger partial charge in [-0.25, -0.2) is 4.79 Å². The van der Waals surface area contributed by atoms with Gasteiger partial charge in [-0.2, -0.15) is 0 Å². The number of hydrogen-bond donors (Lipinski definition) is 3. The number of aryl methyl sites for hydroxylation is 1. The molecule has 4 nitrogen and oxygen atoms in total. The van der Waals surface area contributed by atoms with Gasteiger partial charge in [-0.1, -0.05) is 0 Å². The number of carboxylic acids is 1. The van der Waals surface area contributed by atoms with Crippen LogP contribution in [-0.4, -0.2) is 16.2 Å². The normalized spacial score (nSPS) is 16.1. The monoisotopic (exact) mass is 257 g/mol. The fourth-order valence-corrected chi connectivity index (χ4v) is 1.89. The van der Waals surface area contributed by atoms with E-state index in [1.807, 2.05) is 0 Å².